The lowest BCUT2D eigenvalue weighted by Crippen LogP contribution is -2.40. The number of nitrogens with one attached hydrogen (secondary N) is 1. The number of halogens is 4. The van der Waals surface area contributed by atoms with Gasteiger partial charge in [0.05, 0.1) is 37.8 Å². The fourth-order valence-corrected chi connectivity index (χ4v) is 4.00. The fraction of sp³-hybridized carbons (Fsp3) is 0.133. The third kappa shape index (κ3) is 3.25. The van der Waals surface area contributed by atoms with Crippen LogP contribution in [0.15, 0.2) is 17.5 Å². The van der Waals surface area contributed by atoms with E-state index in [0.29, 0.717) is 6.54 Å². The van der Waals surface area contributed by atoms with Crippen molar-refractivity contribution in [3.63, 3.8) is 0 Å². The first-order valence-corrected chi connectivity index (χ1v) is 9.23. The maximum Gasteiger partial charge on any atom is 0.263 e. The Morgan fingerprint density at radius 2 is 1.56 bits per heavy atom. The molecule has 1 aromatic heterocycles. The molecule has 0 unspecified atom stereocenters. The zero-order chi connectivity index (χ0) is 18.3. The van der Waals surface area contributed by atoms with Gasteiger partial charge >= 0.3 is 0 Å². The summed E-state index contributed by atoms with van der Waals surface area (Å²) < 4.78 is 0. The highest BCUT2D eigenvalue weighted by Gasteiger charge is 2.42. The minimum atomic E-state index is -0.739. The number of thiophene rings is 1. The predicted molar refractivity (Wildman–Crippen MR) is 98.0 cm³/mol. The molecule has 0 saturated carbocycles. The highest BCUT2D eigenvalue weighted by Crippen LogP contribution is 2.44. The average Bonchev–Trinajstić information content (AvgIpc) is 3.18. The van der Waals surface area contributed by atoms with E-state index in [0.717, 1.165) is 9.78 Å². The zero-order valence-electron chi connectivity index (χ0n) is 12.2. The molecule has 0 fully saturated rings. The quantitative estimate of drug-likeness (QED) is 0.441. The summed E-state index contributed by atoms with van der Waals surface area (Å²) in [5.74, 6) is -1.97. The number of rotatable bonds is 4. The molecule has 0 radical (unpaired) electrons. The van der Waals surface area contributed by atoms with Gasteiger partial charge in [-0.1, -0.05) is 52.5 Å². The van der Waals surface area contributed by atoms with Crippen molar-refractivity contribution in [1.82, 2.24) is 10.2 Å². The van der Waals surface area contributed by atoms with Gasteiger partial charge in [-0.3, -0.25) is 19.3 Å². The van der Waals surface area contributed by atoms with Crippen molar-refractivity contribution in [3.8, 4) is 0 Å². The van der Waals surface area contributed by atoms with Crippen LogP contribution in [0.2, 0.25) is 20.1 Å². The third-order valence-corrected chi connectivity index (χ3v) is 6.21. The number of carbonyl (C=O) groups is 3. The van der Waals surface area contributed by atoms with Crippen LogP contribution >= 0.6 is 57.7 Å². The first kappa shape index (κ1) is 18.5. The van der Waals surface area contributed by atoms with Crippen molar-refractivity contribution < 1.29 is 14.4 Å². The van der Waals surface area contributed by atoms with E-state index in [9.17, 15) is 14.4 Å². The Bertz CT molecular complexity index is 852. The van der Waals surface area contributed by atoms with Crippen LogP contribution in [0.3, 0.4) is 0 Å². The van der Waals surface area contributed by atoms with E-state index >= 15 is 0 Å². The fourth-order valence-electron chi connectivity index (χ4n) is 2.34. The van der Waals surface area contributed by atoms with Crippen molar-refractivity contribution in [2.45, 2.75) is 6.54 Å². The number of benzene rings is 1. The van der Waals surface area contributed by atoms with Crippen molar-refractivity contribution >= 4 is 75.5 Å². The van der Waals surface area contributed by atoms with Crippen molar-refractivity contribution in [2.24, 2.45) is 0 Å². The molecule has 1 N–H and O–H groups in total. The number of fused-ring (bicyclic) bond motifs is 1. The maximum atomic E-state index is 12.5. The molecule has 25 heavy (non-hydrogen) atoms. The first-order chi connectivity index (χ1) is 11.8. The molecule has 0 spiro atoms. The van der Waals surface area contributed by atoms with Gasteiger partial charge in [-0.15, -0.1) is 11.3 Å². The SMILES string of the molecule is O=C(CN1C(=O)c2c(Cl)c(Cl)c(Cl)c(Cl)c2C1=O)NCc1cccs1. The predicted octanol–water partition coefficient (Wildman–Crippen LogP) is 4.27. The molecular formula is C15H8Cl4N2O3S. The Kier molecular flexibility index (Phi) is 5.27. The minimum Gasteiger partial charge on any atom is -0.350 e. The summed E-state index contributed by atoms with van der Waals surface area (Å²) in [6, 6.07) is 3.71. The Morgan fingerprint density at radius 1 is 1.00 bits per heavy atom. The molecular weight excluding hydrogens is 430 g/mol. The lowest BCUT2D eigenvalue weighted by molar-refractivity contribution is -0.121. The zero-order valence-corrected chi connectivity index (χ0v) is 16.1. The van der Waals surface area contributed by atoms with Gasteiger partial charge in [0.15, 0.2) is 0 Å². The molecule has 1 aromatic carbocycles. The number of imide groups is 1. The summed E-state index contributed by atoms with van der Waals surface area (Å²) >= 11 is 25.4. The molecule has 3 amide bonds. The topological polar surface area (TPSA) is 66.5 Å². The van der Waals surface area contributed by atoms with E-state index in [1.165, 1.54) is 11.3 Å². The van der Waals surface area contributed by atoms with Gasteiger partial charge < -0.3 is 5.32 Å². The van der Waals surface area contributed by atoms with Crippen molar-refractivity contribution in [1.29, 1.82) is 0 Å². The van der Waals surface area contributed by atoms with Gasteiger partial charge in [-0.05, 0) is 11.4 Å². The molecule has 0 atom stereocenters. The monoisotopic (exact) mass is 436 g/mol. The Balaban J connectivity index is 1.82. The number of amides is 3. The van der Waals surface area contributed by atoms with E-state index in [1.54, 1.807) is 0 Å². The lowest BCUT2D eigenvalue weighted by Gasteiger charge is -2.13. The molecule has 5 nitrogen and oxygen atoms in total. The first-order valence-electron chi connectivity index (χ1n) is 6.84. The van der Waals surface area contributed by atoms with E-state index in [4.69, 9.17) is 46.4 Å². The van der Waals surface area contributed by atoms with Crippen LogP contribution in [0, 0.1) is 0 Å². The summed E-state index contributed by atoms with van der Waals surface area (Å²) in [7, 11) is 0. The van der Waals surface area contributed by atoms with Gasteiger partial charge in [0.2, 0.25) is 5.91 Å². The van der Waals surface area contributed by atoms with Gasteiger partial charge in [0.1, 0.15) is 6.54 Å². The summed E-state index contributed by atoms with van der Waals surface area (Å²) in [4.78, 5) is 38.8. The van der Waals surface area contributed by atoms with Crippen LogP contribution in [0.4, 0.5) is 0 Å². The Morgan fingerprint density at radius 3 is 2.04 bits per heavy atom. The van der Waals surface area contributed by atoms with Crippen LogP contribution in [-0.4, -0.2) is 29.2 Å². The summed E-state index contributed by atoms with van der Waals surface area (Å²) in [6.07, 6.45) is 0. The molecule has 2 aromatic rings. The Hall–Kier alpha value is -1.31. The highest BCUT2D eigenvalue weighted by molar-refractivity contribution is 7.09. The van der Waals surface area contributed by atoms with Crippen LogP contribution in [0.25, 0.3) is 0 Å². The summed E-state index contributed by atoms with van der Waals surface area (Å²) in [5.41, 5.74) is -0.283. The van der Waals surface area contributed by atoms with Gasteiger partial charge in [0, 0.05) is 4.88 Å². The minimum absolute atomic E-state index is 0.114. The van der Waals surface area contributed by atoms with Crippen LogP contribution in [0.1, 0.15) is 25.6 Å². The van der Waals surface area contributed by atoms with Gasteiger partial charge in [0.25, 0.3) is 11.8 Å². The molecule has 3 rings (SSSR count). The highest BCUT2D eigenvalue weighted by atomic mass is 35.5. The van der Waals surface area contributed by atoms with Crippen LogP contribution in [-0.2, 0) is 11.3 Å². The normalized spacial score (nSPS) is 13.4. The number of hydrogen-bond donors (Lipinski definition) is 1. The standard InChI is InChI=1S/C15H8Cl4N2O3S/c16-10-8-9(11(17)13(19)12(10)18)15(24)21(14(8)23)5-7(22)20-4-6-2-1-3-25-6/h1-3H,4-5H2,(H,20,22). The third-order valence-electron chi connectivity index (χ3n) is 3.53. The van der Waals surface area contributed by atoms with Gasteiger partial charge in [-0.25, -0.2) is 0 Å². The second kappa shape index (κ2) is 7.13. The summed E-state index contributed by atoms with van der Waals surface area (Å²) in [5, 5.41) is 3.97. The van der Waals surface area contributed by atoms with E-state index in [1.807, 2.05) is 17.5 Å². The van der Waals surface area contributed by atoms with Crippen LogP contribution < -0.4 is 5.32 Å². The molecule has 130 valence electrons. The van der Waals surface area contributed by atoms with E-state index < -0.39 is 24.3 Å². The molecule has 0 bridgehead atoms. The van der Waals surface area contributed by atoms with Crippen molar-refractivity contribution in [2.75, 3.05) is 6.54 Å². The molecule has 1 aliphatic heterocycles. The lowest BCUT2D eigenvalue weighted by atomic mass is 10.1. The molecule has 0 aliphatic carbocycles. The van der Waals surface area contributed by atoms with E-state index in [-0.39, 0.29) is 31.2 Å². The number of hydrogen-bond acceptors (Lipinski definition) is 4. The second-order valence-electron chi connectivity index (χ2n) is 5.06. The Labute approximate surface area is 166 Å². The molecule has 10 heteroatoms. The molecule has 1 aliphatic rings. The average molecular weight is 438 g/mol. The maximum absolute atomic E-state index is 12.5. The number of nitrogens with zero attached hydrogens (tertiary/aromatic N) is 1. The van der Waals surface area contributed by atoms with Gasteiger partial charge in [-0.2, -0.15) is 0 Å². The molecule has 0 saturated heterocycles. The summed E-state index contributed by atoms with van der Waals surface area (Å²) in [6.45, 7) is -0.154. The molecule has 2 heterocycles. The smallest absolute Gasteiger partial charge is 0.263 e. The van der Waals surface area contributed by atoms with Crippen molar-refractivity contribution in [3.05, 3.63) is 53.6 Å². The van der Waals surface area contributed by atoms with Crippen LogP contribution in [0.5, 0.6) is 0 Å². The van der Waals surface area contributed by atoms with E-state index in [2.05, 4.69) is 5.32 Å². The number of carbonyl (C=O) groups excluding carboxylic acids is 3. The largest absolute Gasteiger partial charge is 0.350 e. The second-order valence-corrected chi connectivity index (χ2v) is 7.60.